The van der Waals surface area contributed by atoms with Gasteiger partial charge in [-0.2, -0.15) is 0 Å². The molecule has 0 fully saturated rings. The van der Waals surface area contributed by atoms with Crippen LogP contribution in [0.15, 0.2) is 213 Å². The first-order chi connectivity index (χ1) is 29.8. The molecule has 2 aliphatic rings. The molecule has 4 N–H and O–H groups in total. The zero-order valence-electron chi connectivity index (χ0n) is 35.0. The monoisotopic (exact) mass is 789 g/mol. The van der Waals surface area contributed by atoms with Crippen LogP contribution in [0.4, 0.5) is 5.69 Å². The number of anilines is 1. The van der Waals surface area contributed by atoms with E-state index in [1.54, 1.807) is 0 Å². The Labute approximate surface area is 360 Å². The number of benzene rings is 8. The third kappa shape index (κ3) is 7.61. The van der Waals surface area contributed by atoms with Gasteiger partial charge in [-0.1, -0.05) is 190 Å². The van der Waals surface area contributed by atoms with Crippen molar-refractivity contribution in [3.05, 3.63) is 246 Å². The van der Waals surface area contributed by atoms with E-state index in [1.807, 2.05) is 48.5 Å². The van der Waals surface area contributed by atoms with E-state index in [2.05, 4.69) is 177 Å². The van der Waals surface area contributed by atoms with E-state index in [-0.39, 0.29) is 5.41 Å². The standard InChI is InChI=1S/C51H42N2.C7H9N/c1-34-24-25-35(26-28-43-41-20-9-7-14-36(41)27-29-48(43)53(34)31-30-47(52)37-15-5-4-6-16-37)38-18-13-19-39(32-38)45-33-40-17-8-10-21-42(40)49-44-22-11-12-23-46(44)51(2,3)50(45)49;8-6-7-4-2-1-3-5-7/h4-27,29-30,32-33H,1,28,31,52H2,2-3H3;1-5H,6,8H2/b25-24-,35-26+,47-30-;. The van der Waals surface area contributed by atoms with Crippen LogP contribution < -0.4 is 16.4 Å². The minimum Gasteiger partial charge on any atom is -0.398 e. The molecule has 8 aromatic carbocycles. The van der Waals surface area contributed by atoms with Gasteiger partial charge in [-0.3, -0.25) is 0 Å². The predicted molar refractivity (Wildman–Crippen MR) is 261 cm³/mol. The highest BCUT2D eigenvalue weighted by Crippen LogP contribution is 2.55. The van der Waals surface area contributed by atoms with Gasteiger partial charge in [0.1, 0.15) is 0 Å². The van der Waals surface area contributed by atoms with Crippen LogP contribution in [0, 0.1) is 0 Å². The van der Waals surface area contributed by atoms with Gasteiger partial charge in [-0.15, -0.1) is 0 Å². The molecule has 298 valence electrons. The molecular formula is C58H51N3. The van der Waals surface area contributed by atoms with E-state index >= 15 is 0 Å². The average molecular weight is 790 g/mol. The summed E-state index contributed by atoms with van der Waals surface area (Å²) in [6, 6.07) is 62.6. The molecule has 1 heterocycles. The minimum atomic E-state index is -0.136. The largest absolute Gasteiger partial charge is 0.398 e. The van der Waals surface area contributed by atoms with Crippen LogP contribution in [-0.2, 0) is 18.4 Å². The normalized spacial score (nSPS) is 15.6. The van der Waals surface area contributed by atoms with Crippen molar-refractivity contribution in [1.29, 1.82) is 0 Å². The van der Waals surface area contributed by atoms with E-state index in [9.17, 15) is 0 Å². The Hall–Kier alpha value is -7.20. The molecule has 0 amide bonds. The summed E-state index contributed by atoms with van der Waals surface area (Å²) in [5, 5.41) is 5.07. The lowest BCUT2D eigenvalue weighted by atomic mass is 9.77. The average Bonchev–Trinajstić information content (AvgIpc) is 3.59. The van der Waals surface area contributed by atoms with Crippen LogP contribution in [-0.4, -0.2) is 6.54 Å². The minimum absolute atomic E-state index is 0.136. The number of rotatable bonds is 6. The summed E-state index contributed by atoms with van der Waals surface area (Å²) >= 11 is 0. The molecule has 0 unspecified atom stereocenters. The smallest absolute Gasteiger partial charge is 0.0455 e. The van der Waals surface area contributed by atoms with Crippen molar-refractivity contribution in [3.63, 3.8) is 0 Å². The second-order valence-electron chi connectivity index (χ2n) is 16.4. The summed E-state index contributed by atoms with van der Waals surface area (Å²) < 4.78 is 0. The lowest BCUT2D eigenvalue weighted by Crippen LogP contribution is -2.23. The summed E-state index contributed by atoms with van der Waals surface area (Å²) in [7, 11) is 0. The fourth-order valence-electron chi connectivity index (χ4n) is 9.24. The van der Waals surface area contributed by atoms with Crippen LogP contribution in [0.3, 0.4) is 0 Å². The molecule has 61 heavy (non-hydrogen) atoms. The maximum atomic E-state index is 6.61. The molecule has 0 aromatic heterocycles. The highest BCUT2D eigenvalue weighted by atomic mass is 15.1. The van der Waals surface area contributed by atoms with Crippen molar-refractivity contribution >= 4 is 38.5 Å². The highest BCUT2D eigenvalue weighted by Gasteiger charge is 2.38. The third-order valence-corrected chi connectivity index (χ3v) is 12.4. The van der Waals surface area contributed by atoms with Crippen LogP contribution in [0.1, 0.15) is 47.2 Å². The number of hydrogen-bond acceptors (Lipinski definition) is 3. The van der Waals surface area contributed by atoms with Gasteiger partial charge in [0.25, 0.3) is 0 Å². The lowest BCUT2D eigenvalue weighted by molar-refractivity contribution is 0.662. The summed E-state index contributed by atoms with van der Waals surface area (Å²) in [4.78, 5) is 2.29. The molecule has 1 aliphatic carbocycles. The molecule has 0 radical (unpaired) electrons. The van der Waals surface area contributed by atoms with E-state index in [0.717, 1.165) is 29.1 Å². The third-order valence-electron chi connectivity index (χ3n) is 12.4. The number of nitrogens with two attached hydrogens (primary N) is 2. The van der Waals surface area contributed by atoms with Crippen LogP contribution in [0.2, 0.25) is 0 Å². The van der Waals surface area contributed by atoms with Crippen LogP contribution in [0.25, 0.3) is 55.1 Å². The first kappa shape index (κ1) is 39.3. The molecule has 3 nitrogen and oxygen atoms in total. The Morgan fingerprint density at radius 3 is 2.10 bits per heavy atom. The summed E-state index contributed by atoms with van der Waals surface area (Å²) in [5.41, 5.74) is 28.5. The van der Waals surface area contributed by atoms with E-state index in [4.69, 9.17) is 11.5 Å². The maximum Gasteiger partial charge on any atom is 0.0455 e. The van der Waals surface area contributed by atoms with Gasteiger partial charge in [0.2, 0.25) is 0 Å². The number of allylic oxidation sites excluding steroid dienone is 4. The van der Waals surface area contributed by atoms with Crippen LogP contribution >= 0.6 is 0 Å². The Balaban J connectivity index is 0.000000537. The van der Waals surface area contributed by atoms with Crippen LogP contribution in [0.5, 0.6) is 0 Å². The molecular weight excluding hydrogens is 739 g/mol. The molecule has 1 aliphatic heterocycles. The summed E-state index contributed by atoms with van der Waals surface area (Å²) in [6.07, 6.45) is 9.65. The number of hydrogen-bond donors (Lipinski definition) is 2. The fourth-order valence-corrected chi connectivity index (χ4v) is 9.24. The molecule has 0 bridgehead atoms. The molecule has 0 atom stereocenters. The van der Waals surface area contributed by atoms with Gasteiger partial charge >= 0.3 is 0 Å². The molecule has 10 rings (SSSR count). The van der Waals surface area contributed by atoms with Crippen molar-refractivity contribution in [3.8, 4) is 22.3 Å². The first-order valence-corrected chi connectivity index (χ1v) is 21.2. The van der Waals surface area contributed by atoms with Gasteiger partial charge in [0.05, 0.1) is 0 Å². The second-order valence-corrected chi connectivity index (χ2v) is 16.4. The maximum absolute atomic E-state index is 6.61. The van der Waals surface area contributed by atoms with Crippen molar-refractivity contribution in [1.82, 2.24) is 0 Å². The van der Waals surface area contributed by atoms with E-state index < -0.39 is 0 Å². The second kappa shape index (κ2) is 16.8. The van der Waals surface area contributed by atoms with Gasteiger partial charge in [0.15, 0.2) is 0 Å². The van der Waals surface area contributed by atoms with E-state index in [0.29, 0.717) is 13.1 Å². The van der Waals surface area contributed by atoms with Gasteiger partial charge in [-0.05, 0) is 120 Å². The predicted octanol–water partition coefficient (Wildman–Crippen LogP) is 13.6. The quantitative estimate of drug-likeness (QED) is 0.176. The number of nitrogens with zero attached hydrogens (tertiary/aromatic N) is 1. The van der Waals surface area contributed by atoms with Crippen molar-refractivity contribution in [2.45, 2.75) is 32.2 Å². The molecule has 0 saturated carbocycles. The van der Waals surface area contributed by atoms with Crippen molar-refractivity contribution in [2.75, 3.05) is 11.4 Å². The zero-order valence-corrected chi connectivity index (χ0v) is 35.0. The van der Waals surface area contributed by atoms with E-state index in [1.165, 1.54) is 77.2 Å². The fraction of sp³-hybridized carbons (Fsp3) is 0.103. The molecule has 8 aromatic rings. The Kier molecular flexibility index (Phi) is 10.8. The van der Waals surface area contributed by atoms with Gasteiger partial charge in [-0.25, -0.2) is 0 Å². The molecule has 3 heteroatoms. The zero-order chi connectivity index (χ0) is 41.9. The van der Waals surface area contributed by atoms with Gasteiger partial charge < -0.3 is 16.4 Å². The number of fused-ring (bicyclic) bond motifs is 8. The first-order valence-electron chi connectivity index (χ1n) is 21.2. The van der Waals surface area contributed by atoms with Gasteiger partial charge in [0, 0.05) is 35.6 Å². The topological polar surface area (TPSA) is 55.3 Å². The Bertz CT molecular complexity index is 3000. The molecule has 0 saturated heterocycles. The summed E-state index contributed by atoms with van der Waals surface area (Å²) in [5.74, 6) is 0. The summed E-state index contributed by atoms with van der Waals surface area (Å²) in [6.45, 7) is 10.6. The highest BCUT2D eigenvalue weighted by molar-refractivity contribution is 6.06. The SMILES string of the molecule is C=C1/C=C\C(c2cccc(-c3cc4ccccc4c4c3C(C)(C)c3ccccc3-4)c2)=C/Cc2c(ccc3ccccc23)N1C/C=C(\N)c1ccccc1.NCc1ccccc1. The van der Waals surface area contributed by atoms with Crippen molar-refractivity contribution in [2.24, 2.45) is 11.5 Å². The lowest BCUT2D eigenvalue weighted by Gasteiger charge is -2.27. The van der Waals surface area contributed by atoms with Crippen molar-refractivity contribution < 1.29 is 0 Å². The Morgan fingerprint density at radius 2 is 1.33 bits per heavy atom. The Morgan fingerprint density at radius 1 is 0.656 bits per heavy atom. The molecule has 0 spiro atoms.